The van der Waals surface area contributed by atoms with Gasteiger partial charge in [-0.25, -0.2) is 14.8 Å². The number of nitrogens with one attached hydrogen (secondary N) is 1. The predicted octanol–water partition coefficient (Wildman–Crippen LogP) is 2.23. The van der Waals surface area contributed by atoms with Crippen LogP contribution < -0.4 is 5.56 Å². The molecule has 0 radical (unpaired) electrons. The van der Waals surface area contributed by atoms with Crippen molar-refractivity contribution < 1.29 is 23.7 Å². The van der Waals surface area contributed by atoms with E-state index in [0.717, 1.165) is 5.56 Å². The number of imidazole rings is 1. The van der Waals surface area contributed by atoms with E-state index in [1.165, 1.54) is 12.7 Å². The van der Waals surface area contributed by atoms with Crippen molar-refractivity contribution >= 4 is 17.1 Å². The number of hydrogen-bond donors (Lipinski definition) is 1. The van der Waals surface area contributed by atoms with Crippen molar-refractivity contribution in [1.29, 1.82) is 0 Å². The maximum Gasteiger partial charge on any atom is 0.338 e. The third-order valence-electron chi connectivity index (χ3n) is 6.34. The summed E-state index contributed by atoms with van der Waals surface area (Å²) in [6.45, 7) is 0.461. The number of benzene rings is 2. The molecule has 1 unspecified atom stereocenters. The molecule has 2 aromatic heterocycles. The molecule has 2 saturated heterocycles. The SMILES string of the molecule is O=C(OC[C@]12CO[C@@H](C1OCc1ccccc1)[C@H](n1cnc3c(=O)[nH]cnc31)O2)c1ccccc1. The third kappa shape index (κ3) is 3.81. The van der Waals surface area contributed by atoms with Gasteiger partial charge in [0.15, 0.2) is 23.0 Å². The van der Waals surface area contributed by atoms with E-state index in [-0.39, 0.29) is 24.3 Å². The van der Waals surface area contributed by atoms with Crippen LogP contribution in [-0.4, -0.2) is 56.5 Å². The van der Waals surface area contributed by atoms with Crippen LogP contribution >= 0.6 is 0 Å². The lowest BCUT2D eigenvalue weighted by Gasteiger charge is -2.31. The Hall–Kier alpha value is -3.86. The highest BCUT2D eigenvalue weighted by molar-refractivity contribution is 5.89. The summed E-state index contributed by atoms with van der Waals surface area (Å²) in [5.74, 6) is -0.460. The minimum absolute atomic E-state index is 0.0617. The molecule has 0 spiro atoms. The summed E-state index contributed by atoms with van der Waals surface area (Å²) < 4.78 is 26.2. The normalized spacial score (nSPS) is 25.2. The molecule has 4 aromatic rings. The molecule has 4 heterocycles. The molecular formula is C25H22N4O6. The highest BCUT2D eigenvalue weighted by Gasteiger charge is 2.64. The maximum absolute atomic E-state index is 12.7. The standard InChI is InChI=1S/C25H22N4O6/c30-22-18-21(26-14-27-22)29(15-28-18)23-19-20(32-11-16-7-3-1-4-8-16)25(35-23,12-33-19)13-34-24(31)17-9-5-2-6-10-17/h1-10,14-15,19-20,23H,11-13H2,(H,26,27,30)/t19-,20?,23+,25+/m0/s1. The molecular weight excluding hydrogens is 452 g/mol. The van der Waals surface area contributed by atoms with Crippen molar-refractivity contribution in [3.05, 3.63) is 94.8 Å². The first kappa shape index (κ1) is 21.7. The summed E-state index contributed by atoms with van der Waals surface area (Å²) in [7, 11) is 0. The lowest BCUT2D eigenvalue weighted by molar-refractivity contribution is -0.187. The number of esters is 1. The third-order valence-corrected chi connectivity index (χ3v) is 6.34. The Morgan fingerprint density at radius 3 is 2.69 bits per heavy atom. The lowest BCUT2D eigenvalue weighted by Crippen LogP contribution is -2.46. The first-order chi connectivity index (χ1) is 17.1. The van der Waals surface area contributed by atoms with Crippen molar-refractivity contribution in [3.63, 3.8) is 0 Å². The van der Waals surface area contributed by atoms with Crippen LogP contribution in [0.25, 0.3) is 11.2 Å². The van der Waals surface area contributed by atoms with Gasteiger partial charge in [-0.1, -0.05) is 48.5 Å². The summed E-state index contributed by atoms with van der Waals surface area (Å²) in [5, 5.41) is 0. The van der Waals surface area contributed by atoms with Gasteiger partial charge >= 0.3 is 5.97 Å². The minimum Gasteiger partial charge on any atom is -0.459 e. The highest BCUT2D eigenvalue weighted by atomic mass is 16.7. The van der Waals surface area contributed by atoms with Crippen LogP contribution in [0, 0.1) is 0 Å². The van der Waals surface area contributed by atoms with Gasteiger partial charge in [0.2, 0.25) is 0 Å². The Bertz CT molecular complexity index is 1410. The van der Waals surface area contributed by atoms with Gasteiger partial charge in [0.25, 0.3) is 5.56 Å². The van der Waals surface area contributed by atoms with Crippen molar-refractivity contribution in [3.8, 4) is 0 Å². The molecule has 178 valence electrons. The van der Waals surface area contributed by atoms with Gasteiger partial charge in [0.05, 0.1) is 31.4 Å². The van der Waals surface area contributed by atoms with Crippen molar-refractivity contribution in [2.75, 3.05) is 13.2 Å². The van der Waals surface area contributed by atoms with E-state index >= 15 is 0 Å². The molecule has 2 aliphatic rings. The Morgan fingerprint density at radius 1 is 1.11 bits per heavy atom. The quantitative estimate of drug-likeness (QED) is 0.405. The lowest BCUT2D eigenvalue weighted by atomic mass is 10.00. The van der Waals surface area contributed by atoms with Gasteiger partial charge in [-0.3, -0.25) is 9.36 Å². The van der Waals surface area contributed by atoms with Gasteiger partial charge in [-0.2, -0.15) is 0 Å². The first-order valence-corrected chi connectivity index (χ1v) is 11.2. The molecule has 0 saturated carbocycles. The van der Waals surface area contributed by atoms with Crippen LogP contribution in [0.3, 0.4) is 0 Å². The Kier molecular flexibility index (Phi) is 5.40. The minimum atomic E-state index is -1.04. The number of nitrogens with zero attached hydrogens (tertiary/aromatic N) is 3. The topological polar surface area (TPSA) is 118 Å². The second-order valence-electron chi connectivity index (χ2n) is 8.56. The largest absolute Gasteiger partial charge is 0.459 e. The molecule has 35 heavy (non-hydrogen) atoms. The van der Waals surface area contributed by atoms with Crippen molar-refractivity contribution in [1.82, 2.24) is 19.5 Å². The molecule has 10 nitrogen and oxygen atoms in total. The van der Waals surface area contributed by atoms with E-state index in [4.69, 9.17) is 18.9 Å². The molecule has 2 bridgehead atoms. The average Bonchev–Trinajstić information content (AvgIpc) is 3.57. The fourth-order valence-electron chi connectivity index (χ4n) is 4.62. The predicted molar refractivity (Wildman–Crippen MR) is 122 cm³/mol. The zero-order chi connectivity index (χ0) is 23.8. The van der Waals surface area contributed by atoms with Crippen LogP contribution in [0.4, 0.5) is 0 Å². The molecule has 2 aromatic carbocycles. The smallest absolute Gasteiger partial charge is 0.338 e. The van der Waals surface area contributed by atoms with Gasteiger partial charge < -0.3 is 23.9 Å². The van der Waals surface area contributed by atoms with E-state index in [2.05, 4.69) is 15.0 Å². The monoisotopic (exact) mass is 474 g/mol. The molecule has 1 N–H and O–H groups in total. The van der Waals surface area contributed by atoms with Crippen molar-refractivity contribution in [2.24, 2.45) is 0 Å². The summed E-state index contributed by atoms with van der Waals surface area (Å²) in [6.07, 6.45) is 1.10. The number of H-pyrrole nitrogens is 1. The second kappa shape index (κ2) is 8.73. The van der Waals surface area contributed by atoms with Crippen LogP contribution in [-0.2, 0) is 25.6 Å². The van der Waals surface area contributed by atoms with Gasteiger partial charge in [0, 0.05) is 0 Å². The van der Waals surface area contributed by atoms with E-state index in [1.54, 1.807) is 28.8 Å². The molecule has 0 amide bonds. The molecule has 10 heteroatoms. The number of rotatable bonds is 7. The number of carbonyl (C=O) groups excluding carboxylic acids is 1. The van der Waals surface area contributed by atoms with E-state index < -0.39 is 30.0 Å². The number of ether oxygens (including phenoxy) is 4. The molecule has 2 fully saturated rings. The summed E-state index contributed by atoms with van der Waals surface area (Å²) in [5.41, 5.74) is 0.624. The molecule has 2 aliphatic heterocycles. The zero-order valence-corrected chi connectivity index (χ0v) is 18.6. The Morgan fingerprint density at radius 2 is 1.89 bits per heavy atom. The molecule has 0 aliphatic carbocycles. The van der Waals surface area contributed by atoms with E-state index in [1.807, 2.05) is 36.4 Å². The first-order valence-electron chi connectivity index (χ1n) is 11.2. The summed E-state index contributed by atoms with van der Waals surface area (Å²) >= 11 is 0. The fraction of sp³-hybridized carbons (Fsp3) is 0.280. The zero-order valence-electron chi connectivity index (χ0n) is 18.6. The Balaban J connectivity index is 1.29. The number of aromatic amines is 1. The number of carbonyl (C=O) groups is 1. The van der Waals surface area contributed by atoms with Gasteiger partial charge in [-0.15, -0.1) is 0 Å². The average molecular weight is 474 g/mol. The van der Waals surface area contributed by atoms with E-state index in [0.29, 0.717) is 17.8 Å². The molecule has 6 rings (SSSR count). The van der Waals surface area contributed by atoms with Gasteiger partial charge in [0.1, 0.15) is 18.8 Å². The van der Waals surface area contributed by atoms with Crippen LogP contribution in [0.15, 0.2) is 78.1 Å². The fourth-order valence-corrected chi connectivity index (χ4v) is 4.62. The van der Waals surface area contributed by atoms with E-state index in [9.17, 15) is 9.59 Å². The number of aromatic nitrogens is 4. The van der Waals surface area contributed by atoms with Crippen LogP contribution in [0.1, 0.15) is 22.1 Å². The highest BCUT2D eigenvalue weighted by Crippen LogP contribution is 2.47. The van der Waals surface area contributed by atoms with Crippen LogP contribution in [0.2, 0.25) is 0 Å². The van der Waals surface area contributed by atoms with Crippen LogP contribution in [0.5, 0.6) is 0 Å². The van der Waals surface area contributed by atoms with Crippen molar-refractivity contribution in [2.45, 2.75) is 30.6 Å². The number of hydrogen-bond acceptors (Lipinski definition) is 8. The second-order valence-corrected chi connectivity index (χ2v) is 8.56. The van der Waals surface area contributed by atoms with Gasteiger partial charge in [-0.05, 0) is 17.7 Å². The number of fused-ring (bicyclic) bond motifs is 3. The summed E-state index contributed by atoms with van der Waals surface area (Å²) in [6, 6.07) is 18.5. The Labute approximate surface area is 199 Å². The maximum atomic E-state index is 12.7. The summed E-state index contributed by atoms with van der Waals surface area (Å²) in [4.78, 5) is 35.8. The molecule has 4 atom stereocenters.